The lowest BCUT2D eigenvalue weighted by Gasteiger charge is -2.21. The number of benzene rings is 2. The van der Waals surface area contributed by atoms with E-state index in [4.69, 9.17) is 14.9 Å². The Labute approximate surface area is 320 Å². The summed E-state index contributed by atoms with van der Waals surface area (Å²) in [5.41, 5.74) is 4.55. The van der Waals surface area contributed by atoms with Gasteiger partial charge in [0.25, 0.3) is 5.24 Å². The van der Waals surface area contributed by atoms with E-state index in [1.807, 2.05) is 66.5 Å². The molecule has 13 nitrogen and oxygen atoms in total. The van der Waals surface area contributed by atoms with Crippen molar-refractivity contribution >= 4 is 64.7 Å². The summed E-state index contributed by atoms with van der Waals surface area (Å²) in [6, 6.07) is 19.6. The molecule has 0 spiro atoms. The second kappa shape index (κ2) is 23.6. The van der Waals surface area contributed by atoms with Crippen LogP contribution in [0.15, 0.2) is 79.0 Å². The van der Waals surface area contributed by atoms with Gasteiger partial charge in [-0.2, -0.15) is 0 Å². The number of hydrogen-bond acceptors (Lipinski definition) is 10. The molecule has 1 saturated heterocycles. The molecule has 0 radical (unpaired) electrons. The van der Waals surface area contributed by atoms with Crippen LogP contribution < -0.4 is 20.3 Å². The first-order chi connectivity index (χ1) is 25.0. The second-order valence-electron chi connectivity index (χ2n) is 12.0. The molecule has 3 amide bonds. The Bertz CT molecular complexity index is 1650. The van der Waals surface area contributed by atoms with Crippen LogP contribution in [0.5, 0.6) is 5.75 Å². The van der Waals surface area contributed by atoms with Crippen molar-refractivity contribution in [2.24, 2.45) is 0 Å². The number of anilines is 2. The lowest BCUT2D eigenvalue weighted by Crippen LogP contribution is -2.28. The summed E-state index contributed by atoms with van der Waals surface area (Å²) in [6.45, 7) is 9.14. The van der Waals surface area contributed by atoms with Crippen LogP contribution in [0.25, 0.3) is 0 Å². The van der Waals surface area contributed by atoms with Crippen molar-refractivity contribution in [3.63, 3.8) is 0 Å². The van der Waals surface area contributed by atoms with Gasteiger partial charge in [0, 0.05) is 37.6 Å². The number of fused-ring (bicyclic) bond motifs is 1. The molecule has 3 heterocycles. The number of rotatable bonds is 16. The Kier molecular flexibility index (Phi) is 19.7. The molecule has 1 fully saturated rings. The summed E-state index contributed by atoms with van der Waals surface area (Å²) in [4.78, 5) is 62.2. The largest absolute Gasteiger partial charge is 0.492 e. The smallest absolute Gasteiger partial charge is 0.328 e. The van der Waals surface area contributed by atoms with E-state index in [1.165, 1.54) is 37.1 Å². The van der Waals surface area contributed by atoms with E-state index >= 15 is 0 Å². The van der Waals surface area contributed by atoms with Gasteiger partial charge in [0.2, 0.25) is 11.8 Å². The van der Waals surface area contributed by atoms with Crippen LogP contribution in [0.2, 0.25) is 0 Å². The van der Waals surface area contributed by atoms with Gasteiger partial charge < -0.3 is 30.1 Å². The van der Waals surface area contributed by atoms with E-state index in [1.54, 1.807) is 6.20 Å². The summed E-state index contributed by atoms with van der Waals surface area (Å²) in [7, 11) is 1.97. The quantitative estimate of drug-likeness (QED) is 0.135. The zero-order chi connectivity index (χ0) is 37.9. The molecule has 286 valence electrons. The third kappa shape index (κ3) is 16.1. The maximum absolute atomic E-state index is 11.6. The molecule has 5 rings (SSSR count). The van der Waals surface area contributed by atoms with Crippen LogP contribution in [0, 0.1) is 0 Å². The highest BCUT2D eigenvalue weighted by Crippen LogP contribution is 2.27. The van der Waals surface area contributed by atoms with E-state index in [0.717, 1.165) is 54.1 Å². The SMILES string of the molecule is CCCN(CCC)CCc1cccc2c1CC(=O)N2.CN(CCOc1ccc(CC2SC(=O)NC2=O)cc1)c1ccccn1.Cl.O=C(O)/C=C\C(=O)O. The Morgan fingerprint density at radius 2 is 1.58 bits per heavy atom. The Morgan fingerprint density at radius 3 is 2.15 bits per heavy atom. The van der Waals surface area contributed by atoms with E-state index in [2.05, 4.69) is 40.4 Å². The summed E-state index contributed by atoms with van der Waals surface area (Å²) >= 11 is 1.05. The average Bonchev–Trinajstić information content (AvgIpc) is 3.67. The average molecular weight is 770 g/mol. The molecule has 1 aromatic heterocycles. The zero-order valence-corrected chi connectivity index (χ0v) is 31.8. The summed E-state index contributed by atoms with van der Waals surface area (Å²) in [5, 5.41) is 20.2. The molecular weight excluding hydrogens is 722 g/mol. The molecule has 0 bridgehead atoms. The number of thioether (sulfide) groups is 1. The molecule has 1 atom stereocenters. The van der Waals surface area contributed by atoms with Crippen LogP contribution in [0.1, 0.15) is 43.4 Å². The van der Waals surface area contributed by atoms with Crippen molar-refractivity contribution in [3.05, 3.63) is 95.7 Å². The summed E-state index contributed by atoms with van der Waals surface area (Å²) < 4.78 is 5.75. The third-order valence-corrected chi connectivity index (χ3v) is 8.86. The maximum atomic E-state index is 11.6. The van der Waals surface area contributed by atoms with E-state index < -0.39 is 11.9 Å². The monoisotopic (exact) mass is 769 g/mol. The zero-order valence-electron chi connectivity index (χ0n) is 30.2. The van der Waals surface area contributed by atoms with Crippen LogP contribution in [0.3, 0.4) is 0 Å². The predicted molar refractivity (Wildman–Crippen MR) is 209 cm³/mol. The van der Waals surface area contributed by atoms with E-state index in [9.17, 15) is 24.0 Å². The molecule has 0 saturated carbocycles. The summed E-state index contributed by atoms with van der Waals surface area (Å²) in [6.07, 6.45) is 7.41. The standard InChI is InChI=1S/C18H19N3O3S.C16H24N2O.C4H4O4.ClH/c1-21(16-4-2-3-9-19-16)10-11-24-14-7-5-13(6-8-14)12-15-17(22)20-18(23)25-15;1-3-9-18(10-4-2)11-8-13-6-5-7-15-14(13)12-16(19)17-15;5-3(6)1-2-4(7)8;/h2-9,15H,10-12H2,1H3,(H,20,22,23);5-7H,3-4,8-12H2,1-2H3,(H,17,19);1-2H,(H,5,6)(H,7,8);1H/b;;2-1-;. The molecule has 0 aliphatic carbocycles. The minimum Gasteiger partial charge on any atom is -0.492 e. The van der Waals surface area contributed by atoms with E-state index in [-0.39, 0.29) is 34.7 Å². The number of imide groups is 1. The first kappa shape index (κ1) is 44.2. The molecule has 53 heavy (non-hydrogen) atoms. The minimum atomic E-state index is -1.26. The Hall–Kier alpha value is -4.92. The van der Waals surface area contributed by atoms with Gasteiger partial charge in [0.05, 0.1) is 18.2 Å². The normalized spacial score (nSPS) is 14.2. The number of ether oxygens (including phenoxy) is 1. The van der Waals surface area contributed by atoms with Gasteiger partial charge in [-0.05, 0) is 85.8 Å². The van der Waals surface area contributed by atoms with Crippen molar-refractivity contribution in [2.75, 3.05) is 50.1 Å². The van der Waals surface area contributed by atoms with Gasteiger partial charge >= 0.3 is 11.9 Å². The number of carboxylic acid groups (broad SMARTS) is 2. The molecule has 15 heteroatoms. The number of carbonyl (C=O) groups excluding carboxylic acids is 3. The topological polar surface area (TPSA) is 178 Å². The molecule has 4 N–H and O–H groups in total. The van der Waals surface area contributed by atoms with Gasteiger partial charge in [-0.1, -0.05) is 55.9 Å². The molecule has 2 aliphatic heterocycles. The van der Waals surface area contributed by atoms with Crippen molar-refractivity contribution in [3.8, 4) is 5.75 Å². The molecule has 3 aromatic rings. The number of carboxylic acids is 2. The highest BCUT2D eigenvalue weighted by atomic mass is 35.5. The second-order valence-corrected chi connectivity index (χ2v) is 13.1. The first-order valence-corrected chi connectivity index (χ1v) is 18.0. The van der Waals surface area contributed by atoms with Crippen molar-refractivity contribution in [1.82, 2.24) is 15.2 Å². The van der Waals surface area contributed by atoms with Gasteiger partial charge in [-0.3, -0.25) is 19.7 Å². The number of nitrogens with zero attached hydrogens (tertiary/aromatic N) is 3. The van der Waals surface area contributed by atoms with Crippen molar-refractivity contribution < 1.29 is 38.9 Å². The van der Waals surface area contributed by atoms with Crippen LogP contribution in [-0.4, -0.2) is 94.2 Å². The van der Waals surface area contributed by atoms with Crippen LogP contribution in [-0.2, 0) is 38.4 Å². The minimum absolute atomic E-state index is 0. The van der Waals surface area contributed by atoms with Crippen molar-refractivity contribution in [1.29, 1.82) is 0 Å². The fourth-order valence-corrected chi connectivity index (χ4v) is 6.26. The number of aromatic nitrogens is 1. The molecule has 2 aliphatic rings. The van der Waals surface area contributed by atoms with Gasteiger partial charge in [-0.25, -0.2) is 14.6 Å². The van der Waals surface area contributed by atoms with Gasteiger partial charge in [-0.15, -0.1) is 12.4 Å². The maximum Gasteiger partial charge on any atom is 0.328 e. The fourth-order valence-electron chi connectivity index (χ4n) is 5.40. The number of amides is 3. The number of likely N-dealkylation sites (N-methyl/N-ethyl adjacent to an activating group) is 1. The number of carbonyl (C=O) groups is 5. The van der Waals surface area contributed by atoms with Gasteiger partial charge in [0.1, 0.15) is 18.2 Å². The fraction of sp³-hybridized carbons (Fsp3) is 0.368. The summed E-state index contributed by atoms with van der Waals surface area (Å²) in [5.74, 6) is -0.921. The highest BCUT2D eigenvalue weighted by molar-refractivity contribution is 8.15. The number of halogens is 1. The highest BCUT2D eigenvalue weighted by Gasteiger charge is 2.31. The Morgan fingerprint density at radius 1 is 0.906 bits per heavy atom. The first-order valence-electron chi connectivity index (χ1n) is 17.1. The molecular formula is C38H48ClN5O8S. The predicted octanol–water partition coefficient (Wildman–Crippen LogP) is 5.47. The lowest BCUT2D eigenvalue weighted by molar-refractivity contribution is -0.134. The number of aliphatic carboxylic acids is 2. The number of pyridine rings is 1. The Balaban J connectivity index is 0.000000307. The van der Waals surface area contributed by atoms with Crippen molar-refractivity contribution in [2.45, 2.75) is 51.2 Å². The van der Waals surface area contributed by atoms with Gasteiger partial charge in [0.15, 0.2) is 0 Å². The third-order valence-electron chi connectivity index (χ3n) is 7.88. The molecule has 1 unspecified atom stereocenters. The molecule has 2 aromatic carbocycles. The van der Waals surface area contributed by atoms with E-state index in [0.29, 0.717) is 31.6 Å². The van der Waals surface area contributed by atoms with Crippen LogP contribution in [0.4, 0.5) is 16.3 Å². The van der Waals surface area contributed by atoms with Crippen LogP contribution >= 0.6 is 24.2 Å². The number of nitrogens with one attached hydrogen (secondary N) is 2. The lowest BCUT2D eigenvalue weighted by atomic mass is 10.0. The number of hydrogen-bond donors (Lipinski definition) is 4.